The lowest BCUT2D eigenvalue weighted by atomic mass is 9.91. The van der Waals surface area contributed by atoms with Crippen molar-refractivity contribution in [3.63, 3.8) is 0 Å². The molecule has 3 aromatic rings. The molecule has 6 nitrogen and oxygen atoms in total. The van der Waals surface area contributed by atoms with Crippen LogP contribution in [0.25, 0.3) is 10.9 Å². The monoisotopic (exact) mass is 324 g/mol. The van der Waals surface area contributed by atoms with Crippen molar-refractivity contribution in [1.29, 1.82) is 0 Å². The third-order valence-electron chi connectivity index (χ3n) is 4.92. The van der Waals surface area contributed by atoms with Gasteiger partial charge >= 0.3 is 0 Å². The number of hydrogen-bond donors (Lipinski definition) is 4. The Hall–Kier alpha value is -2.34. The van der Waals surface area contributed by atoms with Crippen LogP contribution in [0.3, 0.4) is 0 Å². The molecule has 0 radical (unpaired) electrons. The van der Waals surface area contributed by atoms with E-state index >= 15 is 0 Å². The molecule has 1 aliphatic carbocycles. The minimum absolute atomic E-state index is 0.569. The SMILES string of the molecule is c1ncc(CCN[C@H]2CC[C@H](Nc3ccc4[nH]ncc4c3)CC2)[nH]1. The quantitative estimate of drug-likeness (QED) is 0.562. The largest absolute Gasteiger partial charge is 0.382 e. The molecule has 0 saturated heterocycles. The molecular weight excluding hydrogens is 300 g/mol. The van der Waals surface area contributed by atoms with Crippen LogP contribution in [0.5, 0.6) is 0 Å². The Morgan fingerprint density at radius 3 is 2.79 bits per heavy atom. The number of rotatable bonds is 6. The fourth-order valence-electron chi connectivity index (χ4n) is 3.54. The molecule has 6 heteroatoms. The lowest BCUT2D eigenvalue weighted by Crippen LogP contribution is -2.37. The highest BCUT2D eigenvalue weighted by Crippen LogP contribution is 2.24. The maximum atomic E-state index is 4.08. The smallest absolute Gasteiger partial charge is 0.0921 e. The number of anilines is 1. The van der Waals surface area contributed by atoms with Gasteiger partial charge in [-0.25, -0.2) is 4.98 Å². The summed E-state index contributed by atoms with van der Waals surface area (Å²) in [5, 5.41) is 15.6. The first-order valence-electron chi connectivity index (χ1n) is 8.77. The molecule has 24 heavy (non-hydrogen) atoms. The maximum Gasteiger partial charge on any atom is 0.0921 e. The summed E-state index contributed by atoms with van der Waals surface area (Å²) in [6.07, 6.45) is 11.4. The van der Waals surface area contributed by atoms with E-state index < -0.39 is 0 Å². The number of nitrogens with one attached hydrogen (secondary N) is 4. The van der Waals surface area contributed by atoms with Crippen molar-refractivity contribution in [2.45, 2.75) is 44.2 Å². The summed E-state index contributed by atoms with van der Waals surface area (Å²) in [5.41, 5.74) is 3.48. The fourth-order valence-corrected chi connectivity index (χ4v) is 3.54. The molecule has 0 bridgehead atoms. The van der Waals surface area contributed by atoms with Crippen molar-refractivity contribution in [3.8, 4) is 0 Å². The summed E-state index contributed by atoms with van der Waals surface area (Å²) in [7, 11) is 0. The average molecular weight is 324 g/mol. The Morgan fingerprint density at radius 1 is 1.08 bits per heavy atom. The second-order valence-electron chi connectivity index (χ2n) is 6.65. The topological polar surface area (TPSA) is 81.4 Å². The van der Waals surface area contributed by atoms with Gasteiger partial charge in [0.05, 0.1) is 18.0 Å². The number of fused-ring (bicyclic) bond motifs is 1. The van der Waals surface area contributed by atoms with E-state index in [9.17, 15) is 0 Å². The molecule has 1 aliphatic rings. The normalized spacial score (nSPS) is 21.2. The van der Waals surface area contributed by atoms with Gasteiger partial charge in [-0.3, -0.25) is 5.10 Å². The lowest BCUT2D eigenvalue weighted by molar-refractivity contribution is 0.355. The average Bonchev–Trinajstić information content (AvgIpc) is 3.27. The van der Waals surface area contributed by atoms with Gasteiger partial charge in [0.15, 0.2) is 0 Å². The lowest BCUT2D eigenvalue weighted by Gasteiger charge is -2.30. The molecule has 0 spiro atoms. The Morgan fingerprint density at radius 2 is 1.96 bits per heavy atom. The van der Waals surface area contributed by atoms with Crippen LogP contribution < -0.4 is 10.6 Å². The van der Waals surface area contributed by atoms with Crippen LogP contribution in [0.2, 0.25) is 0 Å². The minimum Gasteiger partial charge on any atom is -0.382 e. The van der Waals surface area contributed by atoms with Crippen LogP contribution >= 0.6 is 0 Å². The highest BCUT2D eigenvalue weighted by atomic mass is 15.1. The van der Waals surface area contributed by atoms with Crippen molar-refractivity contribution >= 4 is 16.6 Å². The van der Waals surface area contributed by atoms with Gasteiger partial charge in [-0.15, -0.1) is 0 Å². The Balaban J connectivity index is 1.22. The van der Waals surface area contributed by atoms with Gasteiger partial charge in [0, 0.05) is 48.0 Å². The summed E-state index contributed by atoms with van der Waals surface area (Å²) < 4.78 is 0. The van der Waals surface area contributed by atoms with E-state index in [1.54, 1.807) is 6.33 Å². The zero-order chi connectivity index (χ0) is 16.2. The Kier molecular flexibility index (Phi) is 4.46. The second kappa shape index (κ2) is 7.05. The summed E-state index contributed by atoms with van der Waals surface area (Å²) in [6, 6.07) is 7.61. The van der Waals surface area contributed by atoms with Crippen molar-refractivity contribution in [2.75, 3.05) is 11.9 Å². The molecule has 1 fully saturated rings. The van der Waals surface area contributed by atoms with Gasteiger partial charge in [0.2, 0.25) is 0 Å². The highest BCUT2D eigenvalue weighted by Gasteiger charge is 2.20. The predicted molar refractivity (Wildman–Crippen MR) is 96.1 cm³/mol. The summed E-state index contributed by atoms with van der Waals surface area (Å²) >= 11 is 0. The molecule has 0 unspecified atom stereocenters. The maximum absolute atomic E-state index is 4.08. The third-order valence-corrected chi connectivity index (χ3v) is 4.92. The third kappa shape index (κ3) is 3.59. The molecule has 0 amide bonds. The zero-order valence-corrected chi connectivity index (χ0v) is 13.8. The van der Waals surface area contributed by atoms with Gasteiger partial charge < -0.3 is 15.6 Å². The molecule has 0 atom stereocenters. The van der Waals surface area contributed by atoms with Gasteiger partial charge in [0.1, 0.15) is 0 Å². The molecule has 4 rings (SSSR count). The predicted octanol–water partition coefficient (Wildman–Crippen LogP) is 2.84. The van der Waals surface area contributed by atoms with Crippen LogP contribution in [0, 0.1) is 0 Å². The molecule has 0 aliphatic heterocycles. The number of hydrogen-bond acceptors (Lipinski definition) is 4. The Labute approximate surface area is 141 Å². The zero-order valence-electron chi connectivity index (χ0n) is 13.8. The number of H-pyrrole nitrogens is 2. The van der Waals surface area contributed by atoms with Gasteiger partial charge in [0.25, 0.3) is 0 Å². The molecule has 126 valence electrons. The highest BCUT2D eigenvalue weighted by molar-refractivity contribution is 5.81. The first-order chi connectivity index (χ1) is 11.9. The first kappa shape index (κ1) is 15.2. The van der Waals surface area contributed by atoms with Crippen LogP contribution in [0.4, 0.5) is 5.69 Å². The standard InChI is InChI=1S/C18H24N6/c1-3-15(23-16-5-6-18-13(9-16)10-22-24-18)4-2-14(1)20-8-7-17-11-19-12-21-17/h5-6,9-12,14-15,20,23H,1-4,7-8H2,(H,19,21)(H,22,24)/t14-,15-. The second-order valence-corrected chi connectivity index (χ2v) is 6.65. The van der Waals surface area contributed by atoms with E-state index in [-0.39, 0.29) is 0 Å². The van der Waals surface area contributed by atoms with E-state index in [0.29, 0.717) is 12.1 Å². The van der Waals surface area contributed by atoms with E-state index in [1.807, 2.05) is 12.4 Å². The van der Waals surface area contributed by atoms with Crippen molar-refractivity contribution < 1.29 is 0 Å². The summed E-state index contributed by atoms with van der Waals surface area (Å²) in [5.74, 6) is 0. The number of benzene rings is 1. The number of imidazole rings is 1. The number of nitrogens with zero attached hydrogens (tertiary/aromatic N) is 2. The van der Waals surface area contributed by atoms with Gasteiger partial charge in [-0.2, -0.15) is 5.10 Å². The molecule has 4 N–H and O–H groups in total. The van der Waals surface area contributed by atoms with Gasteiger partial charge in [-0.05, 0) is 43.9 Å². The Bertz CT molecular complexity index is 755. The van der Waals surface area contributed by atoms with Gasteiger partial charge in [-0.1, -0.05) is 0 Å². The summed E-state index contributed by atoms with van der Waals surface area (Å²) in [6.45, 7) is 1.02. The van der Waals surface area contributed by atoms with Crippen molar-refractivity contribution in [1.82, 2.24) is 25.5 Å². The van der Waals surface area contributed by atoms with Crippen LogP contribution in [-0.4, -0.2) is 38.8 Å². The van der Waals surface area contributed by atoms with Crippen molar-refractivity contribution in [3.05, 3.63) is 42.6 Å². The van der Waals surface area contributed by atoms with Crippen LogP contribution in [-0.2, 0) is 6.42 Å². The van der Waals surface area contributed by atoms with E-state index in [4.69, 9.17) is 0 Å². The molecule has 2 heterocycles. The molecule has 1 saturated carbocycles. The first-order valence-corrected chi connectivity index (χ1v) is 8.77. The molecule has 1 aromatic carbocycles. The summed E-state index contributed by atoms with van der Waals surface area (Å²) in [4.78, 5) is 7.21. The van der Waals surface area contributed by atoms with Crippen LogP contribution in [0.15, 0.2) is 36.9 Å². The van der Waals surface area contributed by atoms with E-state index in [0.717, 1.165) is 23.9 Å². The molecule has 2 aromatic heterocycles. The van der Waals surface area contributed by atoms with E-state index in [2.05, 4.69) is 49.0 Å². The van der Waals surface area contributed by atoms with E-state index in [1.165, 1.54) is 37.1 Å². The minimum atomic E-state index is 0.569. The fraction of sp³-hybridized carbons (Fsp3) is 0.444. The number of aromatic amines is 2. The van der Waals surface area contributed by atoms with Crippen LogP contribution in [0.1, 0.15) is 31.4 Å². The van der Waals surface area contributed by atoms with Crippen molar-refractivity contribution in [2.24, 2.45) is 0 Å². The number of aromatic nitrogens is 4. The molecular formula is C18H24N6.